The number of hydrogen-bond donors (Lipinski definition) is 1. The average molecular weight is 440 g/mol. The Balaban J connectivity index is 1.31. The summed E-state index contributed by atoms with van der Waals surface area (Å²) < 4.78 is 0. The number of carbonyl (C=O) groups is 2. The number of para-hydroxylation sites is 1. The lowest BCUT2D eigenvalue weighted by atomic mass is 10.1. The van der Waals surface area contributed by atoms with Crippen LogP contribution in [0.5, 0.6) is 0 Å². The third-order valence-electron chi connectivity index (χ3n) is 6.81. The fraction of sp³-hybridized carbons (Fsp3) is 0.286. The number of hydrogen-bond acceptors (Lipinski definition) is 3. The summed E-state index contributed by atoms with van der Waals surface area (Å²) in [4.78, 5) is 30.4. The van der Waals surface area contributed by atoms with Gasteiger partial charge in [-0.3, -0.25) is 14.5 Å². The zero-order valence-corrected chi connectivity index (χ0v) is 18.7. The summed E-state index contributed by atoms with van der Waals surface area (Å²) >= 11 is 0. The van der Waals surface area contributed by atoms with Gasteiger partial charge in [0.25, 0.3) is 5.91 Å². The van der Waals surface area contributed by atoms with E-state index >= 15 is 0 Å². The van der Waals surface area contributed by atoms with Crippen molar-refractivity contribution in [1.29, 1.82) is 0 Å². The maximum absolute atomic E-state index is 13.4. The van der Waals surface area contributed by atoms with Crippen LogP contribution in [-0.4, -0.2) is 41.9 Å². The molecule has 1 saturated heterocycles. The van der Waals surface area contributed by atoms with Crippen molar-refractivity contribution < 1.29 is 9.59 Å². The fourth-order valence-electron chi connectivity index (χ4n) is 5.11. The Labute approximate surface area is 195 Å². The first kappa shape index (κ1) is 21.4. The quantitative estimate of drug-likeness (QED) is 0.653. The van der Waals surface area contributed by atoms with E-state index in [0.29, 0.717) is 25.1 Å². The number of rotatable bonds is 5. The van der Waals surface area contributed by atoms with Crippen molar-refractivity contribution in [2.75, 3.05) is 18.0 Å². The van der Waals surface area contributed by atoms with Gasteiger partial charge < -0.3 is 10.2 Å². The molecule has 0 spiro atoms. The van der Waals surface area contributed by atoms with E-state index in [0.717, 1.165) is 36.2 Å². The predicted molar refractivity (Wildman–Crippen MR) is 130 cm³/mol. The molecule has 33 heavy (non-hydrogen) atoms. The summed E-state index contributed by atoms with van der Waals surface area (Å²) in [5, 5.41) is 3.15. The second-order valence-electron chi connectivity index (χ2n) is 8.93. The Morgan fingerprint density at radius 3 is 2.33 bits per heavy atom. The standard InChI is InChI=1S/C28H29N3O2/c32-27(17-21-9-3-1-4-10-21)29-18-24-15-16-25-20-31(28(33)22-11-5-2-6-12-22)26-14-8-7-13-23(26)19-30(24)25/h1-14,24-25H,15-20H2,(H,29,32)/t24-,25-/m1/s1. The Hall–Kier alpha value is -3.44. The van der Waals surface area contributed by atoms with Crippen LogP contribution in [0.2, 0.25) is 0 Å². The van der Waals surface area contributed by atoms with E-state index in [2.05, 4.69) is 22.3 Å². The molecule has 1 fully saturated rings. The van der Waals surface area contributed by atoms with Crippen LogP contribution in [0.3, 0.4) is 0 Å². The number of nitrogens with one attached hydrogen (secondary N) is 1. The Morgan fingerprint density at radius 2 is 1.55 bits per heavy atom. The van der Waals surface area contributed by atoms with E-state index in [9.17, 15) is 9.59 Å². The van der Waals surface area contributed by atoms with E-state index in [-0.39, 0.29) is 23.9 Å². The van der Waals surface area contributed by atoms with Crippen molar-refractivity contribution >= 4 is 17.5 Å². The van der Waals surface area contributed by atoms with Gasteiger partial charge in [-0.25, -0.2) is 0 Å². The number of fused-ring (bicyclic) bond motifs is 2. The van der Waals surface area contributed by atoms with Gasteiger partial charge in [0.15, 0.2) is 0 Å². The first-order valence-corrected chi connectivity index (χ1v) is 11.7. The molecular weight excluding hydrogens is 410 g/mol. The van der Waals surface area contributed by atoms with Crippen LogP contribution in [0.1, 0.15) is 34.3 Å². The summed E-state index contributed by atoms with van der Waals surface area (Å²) in [7, 11) is 0. The van der Waals surface area contributed by atoms with Gasteiger partial charge in [-0.05, 0) is 42.2 Å². The van der Waals surface area contributed by atoms with Gasteiger partial charge in [-0.2, -0.15) is 0 Å². The number of nitrogens with zero attached hydrogens (tertiary/aromatic N) is 2. The second kappa shape index (κ2) is 9.59. The van der Waals surface area contributed by atoms with Crippen LogP contribution in [0.25, 0.3) is 0 Å². The number of anilines is 1. The van der Waals surface area contributed by atoms with Gasteiger partial charge >= 0.3 is 0 Å². The largest absolute Gasteiger partial charge is 0.354 e. The van der Waals surface area contributed by atoms with Crippen molar-refractivity contribution in [3.63, 3.8) is 0 Å². The monoisotopic (exact) mass is 439 g/mol. The molecule has 2 amide bonds. The van der Waals surface area contributed by atoms with Crippen molar-refractivity contribution in [3.05, 3.63) is 102 Å². The Bertz CT molecular complexity index is 1120. The molecule has 0 aromatic heterocycles. The molecule has 0 aliphatic carbocycles. The average Bonchev–Trinajstić information content (AvgIpc) is 3.15. The highest BCUT2D eigenvalue weighted by Gasteiger charge is 2.38. The molecule has 0 unspecified atom stereocenters. The van der Waals surface area contributed by atoms with E-state index in [4.69, 9.17) is 0 Å². The van der Waals surface area contributed by atoms with Crippen LogP contribution in [0, 0.1) is 0 Å². The van der Waals surface area contributed by atoms with Gasteiger partial charge in [-0.1, -0.05) is 66.7 Å². The van der Waals surface area contributed by atoms with E-state index in [1.807, 2.05) is 77.7 Å². The summed E-state index contributed by atoms with van der Waals surface area (Å²) in [5.74, 6) is 0.102. The molecule has 2 atom stereocenters. The lowest BCUT2D eigenvalue weighted by Crippen LogP contribution is -2.46. The molecule has 2 aliphatic rings. The molecule has 3 aromatic carbocycles. The minimum atomic E-state index is 0.0458. The minimum Gasteiger partial charge on any atom is -0.354 e. The zero-order valence-electron chi connectivity index (χ0n) is 18.7. The maximum atomic E-state index is 13.4. The highest BCUT2D eigenvalue weighted by atomic mass is 16.2. The molecule has 0 bridgehead atoms. The Kier molecular flexibility index (Phi) is 6.22. The maximum Gasteiger partial charge on any atom is 0.258 e. The molecule has 0 saturated carbocycles. The lowest BCUT2D eigenvalue weighted by Gasteiger charge is -2.29. The molecule has 2 heterocycles. The summed E-state index contributed by atoms with van der Waals surface area (Å²) in [6.07, 6.45) is 2.44. The fourth-order valence-corrected chi connectivity index (χ4v) is 5.11. The van der Waals surface area contributed by atoms with E-state index in [1.165, 1.54) is 0 Å². The van der Waals surface area contributed by atoms with Gasteiger partial charge in [0.05, 0.1) is 6.42 Å². The number of carbonyl (C=O) groups excluding carboxylic acids is 2. The summed E-state index contributed by atoms with van der Waals surface area (Å²) in [6, 6.07) is 28.1. The van der Waals surface area contributed by atoms with Crippen LogP contribution >= 0.6 is 0 Å². The summed E-state index contributed by atoms with van der Waals surface area (Å²) in [5.41, 5.74) is 3.89. The SMILES string of the molecule is O=C(Cc1ccccc1)NC[C@H]1CC[C@@H]2CN(C(=O)c3ccccc3)c3ccccc3CN12. The van der Waals surface area contributed by atoms with Gasteiger partial charge in [-0.15, -0.1) is 0 Å². The topological polar surface area (TPSA) is 52.7 Å². The molecule has 3 aromatic rings. The zero-order chi connectivity index (χ0) is 22.6. The molecule has 5 rings (SSSR count). The smallest absolute Gasteiger partial charge is 0.258 e. The second-order valence-corrected chi connectivity index (χ2v) is 8.93. The highest BCUT2D eigenvalue weighted by Crippen LogP contribution is 2.35. The third-order valence-corrected chi connectivity index (χ3v) is 6.81. The molecule has 2 aliphatic heterocycles. The minimum absolute atomic E-state index is 0.0458. The van der Waals surface area contributed by atoms with E-state index in [1.54, 1.807) is 0 Å². The number of benzene rings is 3. The molecule has 5 nitrogen and oxygen atoms in total. The van der Waals surface area contributed by atoms with Crippen molar-refractivity contribution in [2.24, 2.45) is 0 Å². The Morgan fingerprint density at radius 1 is 0.848 bits per heavy atom. The molecular formula is C28H29N3O2. The van der Waals surface area contributed by atoms with Crippen LogP contribution in [0.15, 0.2) is 84.9 Å². The summed E-state index contributed by atoms with van der Waals surface area (Å²) in [6.45, 7) is 2.09. The van der Waals surface area contributed by atoms with Crippen molar-refractivity contribution in [1.82, 2.24) is 10.2 Å². The van der Waals surface area contributed by atoms with Gasteiger partial charge in [0, 0.05) is 43.0 Å². The van der Waals surface area contributed by atoms with Gasteiger partial charge in [0.2, 0.25) is 5.91 Å². The number of amides is 2. The predicted octanol–water partition coefficient (Wildman–Crippen LogP) is 4.04. The highest BCUT2D eigenvalue weighted by molar-refractivity contribution is 6.06. The third kappa shape index (κ3) is 4.69. The molecule has 1 N–H and O–H groups in total. The van der Waals surface area contributed by atoms with Crippen molar-refractivity contribution in [2.45, 2.75) is 37.9 Å². The molecule has 0 radical (unpaired) electrons. The van der Waals surface area contributed by atoms with Gasteiger partial charge in [0.1, 0.15) is 0 Å². The molecule has 5 heteroatoms. The lowest BCUT2D eigenvalue weighted by molar-refractivity contribution is -0.120. The van der Waals surface area contributed by atoms with E-state index < -0.39 is 0 Å². The van der Waals surface area contributed by atoms with Crippen LogP contribution in [-0.2, 0) is 17.8 Å². The van der Waals surface area contributed by atoms with Crippen LogP contribution in [0.4, 0.5) is 5.69 Å². The first-order chi connectivity index (χ1) is 16.2. The van der Waals surface area contributed by atoms with Crippen LogP contribution < -0.4 is 10.2 Å². The first-order valence-electron chi connectivity index (χ1n) is 11.7. The van der Waals surface area contributed by atoms with Crippen molar-refractivity contribution in [3.8, 4) is 0 Å². The normalized spacial score (nSPS) is 19.9. The molecule has 168 valence electrons.